The molecule has 0 amide bonds. The fourth-order valence-corrected chi connectivity index (χ4v) is 2.08. The fraction of sp³-hybridized carbons (Fsp3) is 0.176. The van der Waals surface area contributed by atoms with Crippen LogP contribution in [0.25, 0.3) is 11.1 Å². The lowest BCUT2D eigenvalue weighted by atomic mass is 10.1. The molecular formula is C17H19N. The van der Waals surface area contributed by atoms with E-state index in [0.29, 0.717) is 0 Å². The minimum atomic E-state index is 1.10. The van der Waals surface area contributed by atoms with Crippen molar-refractivity contribution in [2.24, 2.45) is 5.73 Å². The molecule has 2 N–H and O–H groups in total. The van der Waals surface area contributed by atoms with Crippen molar-refractivity contribution in [2.45, 2.75) is 20.3 Å². The lowest BCUT2D eigenvalue weighted by molar-refractivity contribution is 1.26. The van der Waals surface area contributed by atoms with Gasteiger partial charge in [0.05, 0.1) is 0 Å². The number of allylic oxidation sites excluding steroid dienone is 1. The largest absolute Gasteiger partial charge is 0.405 e. The standard InChI is InChI=1S/C13H10.C4H9N/c1-3-7-12-10(5-1)9-11-6-2-4-8-13(11)12;1-4(2)3-5/h1-8H,9H2;3H,5H2,1-2H3. The molecular weight excluding hydrogens is 218 g/mol. The molecule has 1 aliphatic rings. The zero-order valence-corrected chi connectivity index (χ0v) is 11.0. The Labute approximate surface area is 109 Å². The molecule has 0 aliphatic heterocycles. The molecule has 0 heterocycles. The second kappa shape index (κ2) is 5.54. The van der Waals surface area contributed by atoms with Crippen LogP contribution in [-0.2, 0) is 6.42 Å². The molecule has 1 aliphatic carbocycles. The van der Waals surface area contributed by atoms with Gasteiger partial charge in [0.15, 0.2) is 0 Å². The molecule has 0 spiro atoms. The highest BCUT2D eigenvalue weighted by atomic mass is 14.5. The maximum absolute atomic E-state index is 5.01. The van der Waals surface area contributed by atoms with E-state index >= 15 is 0 Å². The normalized spacial score (nSPS) is 10.8. The minimum absolute atomic E-state index is 1.10. The lowest BCUT2D eigenvalue weighted by Crippen LogP contribution is -1.77. The average Bonchev–Trinajstić information content (AvgIpc) is 2.78. The Kier molecular flexibility index (Phi) is 3.83. The number of hydrogen-bond acceptors (Lipinski definition) is 1. The molecule has 0 bridgehead atoms. The summed E-state index contributed by atoms with van der Waals surface area (Å²) in [6.07, 6.45) is 2.69. The third-order valence-electron chi connectivity index (χ3n) is 3.04. The van der Waals surface area contributed by atoms with Gasteiger partial charge in [0.2, 0.25) is 0 Å². The van der Waals surface area contributed by atoms with Gasteiger partial charge < -0.3 is 5.73 Å². The highest BCUT2D eigenvalue weighted by molar-refractivity contribution is 5.76. The molecule has 2 aromatic rings. The zero-order valence-electron chi connectivity index (χ0n) is 11.0. The molecule has 0 atom stereocenters. The van der Waals surface area contributed by atoms with E-state index in [0.717, 1.165) is 12.0 Å². The molecule has 0 saturated heterocycles. The van der Waals surface area contributed by atoms with Crippen LogP contribution in [0.1, 0.15) is 25.0 Å². The number of benzene rings is 2. The molecule has 2 aromatic carbocycles. The second-order valence-electron chi connectivity index (χ2n) is 4.74. The Morgan fingerprint density at radius 2 is 1.28 bits per heavy atom. The molecule has 18 heavy (non-hydrogen) atoms. The number of fused-ring (bicyclic) bond motifs is 3. The molecule has 3 rings (SSSR count). The Balaban J connectivity index is 0.000000209. The van der Waals surface area contributed by atoms with Crippen molar-refractivity contribution in [3.63, 3.8) is 0 Å². The van der Waals surface area contributed by atoms with Gasteiger partial charge in [-0.15, -0.1) is 0 Å². The topological polar surface area (TPSA) is 26.0 Å². The van der Waals surface area contributed by atoms with Crippen LogP contribution in [0.15, 0.2) is 60.3 Å². The highest BCUT2D eigenvalue weighted by Crippen LogP contribution is 2.35. The van der Waals surface area contributed by atoms with Crippen LogP contribution in [0.2, 0.25) is 0 Å². The first-order valence-corrected chi connectivity index (χ1v) is 6.23. The van der Waals surface area contributed by atoms with Gasteiger partial charge in [-0.1, -0.05) is 54.1 Å². The van der Waals surface area contributed by atoms with E-state index in [4.69, 9.17) is 5.73 Å². The summed E-state index contributed by atoms with van der Waals surface area (Å²) in [5, 5.41) is 0. The summed E-state index contributed by atoms with van der Waals surface area (Å²) in [5.41, 5.74) is 11.9. The van der Waals surface area contributed by atoms with E-state index in [9.17, 15) is 0 Å². The quantitative estimate of drug-likeness (QED) is 0.625. The van der Waals surface area contributed by atoms with Gasteiger partial charge in [-0.2, -0.15) is 0 Å². The van der Waals surface area contributed by atoms with Crippen molar-refractivity contribution in [3.8, 4) is 11.1 Å². The first-order chi connectivity index (χ1) is 8.72. The van der Waals surface area contributed by atoms with E-state index in [1.165, 1.54) is 22.3 Å². The Morgan fingerprint density at radius 3 is 1.67 bits per heavy atom. The third-order valence-corrected chi connectivity index (χ3v) is 3.04. The van der Waals surface area contributed by atoms with Crippen LogP contribution in [-0.4, -0.2) is 0 Å². The van der Waals surface area contributed by atoms with Gasteiger partial charge in [-0.05, 0) is 48.7 Å². The molecule has 0 fully saturated rings. The summed E-state index contributed by atoms with van der Waals surface area (Å²) < 4.78 is 0. The maximum Gasteiger partial charge on any atom is -0.00135 e. The van der Waals surface area contributed by atoms with E-state index in [2.05, 4.69) is 48.5 Å². The van der Waals surface area contributed by atoms with Crippen LogP contribution in [0.4, 0.5) is 0 Å². The van der Waals surface area contributed by atoms with Gasteiger partial charge in [0, 0.05) is 0 Å². The summed E-state index contributed by atoms with van der Waals surface area (Å²) in [6, 6.07) is 17.3. The fourth-order valence-electron chi connectivity index (χ4n) is 2.08. The Morgan fingerprint density at radius 1 is 0.889 bits per heavy atom. The first-order valence-electron chi connectivity index (χ1n) is 6.23. The van der Waals surface area contributed by atoms with E-state index in [1.807, 2.05) is 13.8 Å². The van der Waals surface area contributed by atoms with Crippen molar-refractivity contribution in [2.75, 3.05) is 0 Å². The molecule has 0 aromatic heterocycles. The SMILES string of the molecule is CC(C)=CN.c1ccc2c(c1)Cc1ccccc1-2. The summed E-state index contributed by atoms with van der Waals surface area (Å²) in [7, 11) is 0. The van der Waals surface area contributed by atoms with Crippen molar-refractivity contribution < 1.29 is 0 Å². The van der Waals surface area contributed by atoms with Crippen molar-refractivity contribution >= 4 is 0 Å². The van der Waals surface area contributed by atoms with Crippen LogP contribution >= 0.6 is 0 Å². The Bertz CT molecular complexity index is 520. The summed E-state index contributed by atoms with van der Waals surface area (Å²) in [6.45, 7) is 3.92. The van der Waals surface area contributed by atoms with E-state index in [1.54, 1.807) is 6.20 Å². The highest BCUT2D eigenvalue weighted by Gasteiger charge is 2.15. The molecule has 0 saturated carbocycles. The number of nitrogens with two attached hydrogens (primary N) is 1. The summed E-state index contributed by atoms with van der Waals surface area (Å²) in [4.78, 5) is 0. The first kappa shape index (κ1) is 12.4. The summed E-state index contributed by atoms with van der Waals surface area (Å²) >= 11 is 0. The molecule has 1 nitrogen and oxygen atoms in total. The average molecular weight is 237 g/mol. The second-order valence-corrected chi connectivity index (χ2v) is 4.74. The Hall–Kier alpha value is -2.02. The van der Waals surface area contributed by atoms with E-state index < -0.39 is 0 Å². The molecule has 0 unspecified atom stereocenters. The van der Waals surface area contributed by atoms with Crippen molar-refractivity contribution in [3.05, 3.63) is 71.4 Å². The minimum Gasteiger partial charge on any atom is -0.405 e. The predicted octanol–water partition coefficient (Wildman–Crippen LogP) is 4.13. The van der Waals surface area contributed by atoms with Gasteiger partial charge in [0.1, 0.15) is 0 Å². The number of rotatable bonds is 0. The smallest absolute Gasteiger partial charge is 0.00135 e. The monoisotopic (exact) mass is 237 g/mol. The molecule has 1 heteroatoms. The summed E-state index contributed by atoms with van der Waals surface area (Å²) in [5.74, 6) is 0. The molecule has 0 radical (unpaired) electrons. The zero-order chi connectivity index (χ0) is 13.0. The van der Waals surface area contributed by atoms with E-state index in [-0.39, 0.29) is 0 Å². The molecule has 92 valence electrons. The third kappa shape index (κ3) is 2.62. The predicted molar refractivity (Wildman–Crippen MR) is 78.3 cm³/mol. The lowest BCUT2D eigenvalue weighted by Gasteiger charge is -1.98. The van der Waals surface area contributed by atoms with Gasteiger partial charge in [0.25, 0.3) is 0 Å². The van der Waals surface area contributed by atoms with Crippen LogP contribution < -0.4 is 5.73 Å². The van der Waals surface area contributed by atoms with Crippen LogP contribution in [0.5, 0.6) is 0 Å². The van der Waals surface area contributed by atoms with Crippen LogP contribution in [0, 0.1) is 0 Å². The van der Waals surface area contributed by atoms with Crippen LogP contribution in [0.3, 0.4) is 0 Å². The number of hydrogen-bond donors (Lipinski definition) is 1. The maximum atomic E-state index is 5.01. The van der Waals surface area contributed by atoms with Gasteiger partial charge >= 0.3 is 0 Å². The van der Waals surface area contributed by atoms with Crippen molar-refractivity contribution in [1.82, 2.24) is 0 Å². The van der Waals surface area contributed by atoms with Gasteiger partial charge in [-0.3, -0.25) is 0 Å². The van der Waals surface area contributed by atoms with Crippen molar-refractivity contribution in [1.29, 1.82) is 0 Å². The van der Waals surface area contributed by atoms with Gasteiger partial charge in [-0.25, -0.2) is 0 Å².